The summed E-state index contributed by atoms with van der Waals surface area (Å²) in [5.41, 5.74) is 3.17. The fourth-order valence-electron chi connectivity index (χ4n) is 3.09. The minimum Gasteiger partial charge on any atom is -0.444 e. The van der Waals surface area contributed by atoms with E-state index in [4.69, 9.17) is 4.74 Å². The van der Waals surface area contributed by atoms with Crippen LogP contribution in [0, 0.1) is 0 Å². The predicted molar refractivity (Wildman–Crippen MR) is 85.9 cm³/mol. The van der Waals surface area contributed by atoms with Crippen LogP contribution in [0.25, 0.3) is 11.0 Å². The van der Waals surface area contributed by atoms with Crippen molar-refractivity contribution in [3.05, 3.63) is 29.6 Å². The molecule has 0 fully saturated rings. The van der Waals surface area contributed by atoms with E-state index in [0.717, 1.165) is 18.5 Å². The number of carbonyl (C=O) groups excluding carboxylic acids is 1. The number of rotatable bonds is 0. The monoisotopic (exact) mass is 301 g/mol. The van der Waals surface area contributed by atoms with Crippen molar-refractivity contribution in [3.8, 4) is 0 Å². The lowest BCUT2D eigenvalue weighted by molar-refractivity contribution is 0.0258. The Kier molecular flexibility index (Phi) is 3.59. The molecule has 1 amide bonds. The van der Waals surface area contributed by atoms with Crippen LogP contribution < -0.4 is 0 Å². The third-order valence-electron chi connectivity index (χ3n) is 4.08. The van der Waals surface area contributed by atoms with Crippen molar-refractivity contribution in [2.45, 2.75) is 39.2 Å². The molecule has 5 heteroatoms. The number of amides is 1. The lowest BCUT2D eigenvalue weighted by Crippen LogP contribution is -2.38. The van der Waals surface area contributed by atoms with Crippen molar-refractivity contribution >= 4 is 17.1 Å². The normalized spacial score (nSPS) is 15.5. The summed E-state index contributed by atoms with van der Waals surface area (Å²) >= 11 is 0. The Hall–Kier alpha value is -2.04. The van der Waals surface area contributed by atoms with Crippen molar-refractivity contribution in [2.24, 2.45) is 7.05 Å². The summed E-state index contributed by atoms with van der Waals surface area (Å²) in [6.07, 6.45) is 3.29. The van der Waals surface area contributed by atoms with Crippen LogP contribution in [0.15, 0.2) is 18.3 Å². The molecule has 0 aliphatic carbocycles. The van der Waals surface area contributed by atoms with Crippen molar-refractivity contribution in [2.75, 3.05) is 13.1 Å². The van der Waals surface area contributed by atoms with Gasteiger partial charge in [0, 0.05) is 43.8 Å². The van der Waals surface area contributed by atoms with Crippen LogP contribution in [-0.2, 0) is 24.6 Å². The fraction of sp³-hybridized carbons (Fsp3) is 0.529. The van der Waals surface area contributed by atoms with E-state index in [1.54, 1.807) is 0 Å². The van der Waals surface area contributed by atoms with Gasteiger partial charge < -0.3 is 14.2 Å². The van der Waals surface area contributed by atoms with Gasteiger partial charge in [-0.25, -0.2) is 9.78 Å². The average molecular weight is 301 g/mol. The van der Waals surface area contributed by atoms with Crippen LogP contribution in [0.2, 0.25) is 0 Å². The first-order valence-electron chi connectivity index (χ1n) is 7.76. The number of hydrogen-bond donors (Lipinski definition) is 0. The highest BCUT2D eigenvalue weighted by molar-refractivity contribution is 5.82. The van der Waals surface area contributed by atoms with Crippen LogP contribution in [0.1, 0.15) is 32.0 Å². The molecular formula is C17H23N3O2. The maximum absolute atomic E-state index is 12.3. The number of hydrogen-bond acceptors (Lipinski definition) is 3. The average Bonchev–Trinajstić information content (AvgIpc) is 2.62. The highest BCUT2D eigenvalue weighted by Crippen LogP contribution is 2.27. The van der Waals surface area contributed by atoms with Gasteiger partial charge in [-0.2, -0.15) is 0 Å². The maximum atomic E-state index is 12.3. The molecule has 0 spiro atoms. The molecule has 1 aliphatic heterocycles. The SMILES string of the molecule is Cn1c2c(c3cccnc31)CCN(C(=O)OC(C)(C)C)CC2. The summed E-state index contributed by atoms with van der Waals surface area (Å²) in [5, 5.41) is 1.20. The Morgan fingerprint density at radius 2 is 2.00 bits per heavy atom. The van der Waals surface area contributed by atoms with E-state index in [2.05, 4.69) is 22.7 Å². The van der Waals surface area contributed by atoms with Gasteiger partial charge in [0.05, 0.1) is 0 Å². The second-order valence-corrected chi connectivity index (χ2v) is 6.83. The van der Waals surface area contributed by atoms with E-state index in [9.17, 15) is 4.79 Å². The zero-order chi connectivity index (χ0) is 15.9. The van der Waals surface area contributed by atoms with Crippen LogP contribution in [0.4, 0.5) is 4.79 Å². The lowest BCUT2D eigenvalue weighted by atomic mass is 10.1. The fourth-order valence-corrected chi connectivity index (χ4v) is 3.09. The molecule has 0 aromatic carbocycles. The van der Waals surface area contributed by atoms with Gasteiger partial charge in [0.2, 0.25) is 0 Å². The van der Waals surface area contributed by atoms with Gasteiger partial charge in [-0.1, -0.05) is 0 Å². The molecule has 0 bridgehead atoms. The zero-order valence-electron chi connectivity index (χ0n) is 13.7. The molecule has 22 heavy (non-hydrogen) atoms. The number of fused-ring (bicyclic) bond motifs is 3. The number of carbonyl (C=O) groups is 1. The highest BCUT2D eigenvalue weighted by Gasteiger charge is 2.26. The Morgan fingerprint density at radius 1 is 1.27 bits per heavy atom. The standard InChI is InChI=1S/C17H23N3O2/c1-17(2,3)22-16(21)20-10-7-12-13-6-5-9-18-15(13)19(4)14(12)8-11-20/h5-6,9H,7-8,10-11H2,1-4H3. The largest absolute Gasteiger partial charge is 0.444 e. The highest BCUT2D eigenvalue weighted by atomic mass is 16.6. The molecule has 0 saturated heterocycles. The minimum absolute atomic E-state index is 0.220. The molecule has 3 heterocycles. The topological polar surface area (TPSA) is 47.4 Å². The van der Waals surface area contributed by atoms with Gasteiger partial charge in [0.15, 0.2) is 0 Å². The lowest BCUT2D eigenvalue weighted by Gasteiger charge is -2.26. The third kappa shape index (κ3) is 2.67. The molecule has 2 aromatic rings. The molecule has 0 saturated carbocycles. The molecule has 0 atom stereocenters. The van der Waals surface area contributed by atoms with Gasteiger partial charge in [-0.05, 0) is 44.9 Å². The van der Waals surface area contributed by atoms with Crippen LogP contribution in [0.3, 0.4) is 0 Å². The molecule has 0 unspecified atom stereocenters. The summed E-state index contributed by atoms with van der Waals surface area (Å²) in [6, 6.07) is 4.09. The Labute approximate surface area is 130 Å². The van der Waals surface area contributed by atoms with Gasteiger partial charge in [-0.3, -0.25) is 0 Å². The molecule has 1 aliphatic rings. The molecule has 118 valence electrons. The first kappa shape index (κ1) is 14.9. The van der Waals surface area contributed by atoms with Crippen molar-refractivity contribution in [3.63, 3.8) is 0 Å². The van der Waals surface area contributed by atoms with E-state index in [0.29, 0.717) is 13.1 Å². The first-order chi connectivity index (χ1) is 10.4. The van der Waals surface area contributed by atoms with Crippen LogP contribution in [0.5, 0.6) is 0 Å². The maximum Gasteiger partial charge on any atom is 0.410 e. The van der Waals surface area contributed by atoms with Gasteiger partial charge >= 0.3 is 6.09 Å². The summed E-state index contributed by atoms with van der Waals surface area (Å²) in [6.45, 7) is 7.08. The minimum atomic E-state index is -0.452. The molecule has 0 radical (unpaired) electrons. The van der Waals surface area contributed by atoms with Gasteiger partial charge in [0.1, 0.15) is 11.2 Å². The second-order valence-electron chi connectivity index (χ2n) is 6.83. The Bertz CT molecular complexity index is 712. The van der Waals surface area contributed by atoms with Crippen molar-refractivity contribution < 1.29 is 9.53 Å². The summed E-state index contributed by atoms with van der Waals surface area (Å²) in [5.74, 6) is 0. The Balaban J connectivity index is 1.85. The number of nitrogens with zero attached hydrogens (tertiary/aromatic N) is 3. The quantitative estimate of drug-likeness (QED) is 0.751. The van der Waals surface area contributed by atoms with Crippen molar-refractivity contribution in [1.29, 1.82) is 0 Å². The zero-order valence-corrected chi connectivity index (χ0v) is 13.7. The number of pyridine rings is 1. The third-order valence-corrected chi connectivity index (χ3v) is 4.08. The molecule has 2 aromatic heterocycles. The summed E-state index contributed by atoms with van der Waals surface area (Å²) < 4.78 is 7.65. The van der Waals surface area contributed by atoms with E-state index >= 15 is 0 Å². The van der Waals surface area contributed by atoms with Gasteiger partial charge in [0.25, 0.3) is 0 Å². The van der Waals surface area contributed by atoms with E-state index in [1.807, 2.05) is 37.9 Å². The molecule has 5 nitrogen and oxygen atoms in total. The molecule has 3 rings (SSSR count). The number of ether oxygens (including phenoxy) is 1. The van der Waals surface area contributed by atoms with Crippen molar-refractivity contribution in [1.82, 2.24) is 14.5 Å². The summed E-state index contributed by atoms with van der Waals surface area (Å²) in [4.78, 5) is 18.6. The smallest absolute Gasteiger partial charge is 0.410 e. The van der Waals surface area contributed by atoms with Crippen LogP contribution >= 0.6 is 0 Å². The van der Waals surface area contributed by atoms with E-state index in [1.165, 1.54) is 16.6 Å². The molecule has 0 N–H and O–H groups in total. The Morgan fingerprint density at radius 3 is 2.73 bits per heavy atom. The van der Waals surface area contributed by atoms with E-state index < -0.39 is 5.60 Å². The number of aryl methyl sites for hydroxylation is 1. The summed E-state index contributed by atoms with van der Waals surface area (Å²) in [7, 11) is 2.05. The van der Waals surface area contributed by atoms with Crippen LogP contribution in [-0.4, -0.2) is 39.2 Å². The van der Waals surface area contributed by atoms with Gasteiger partial charge in [-0.15, -0.1) is 0 Å². The predicted octanol–water partition coefficient (Wildman–Crippen LogP) is 2.91. The second kappa shape index (κ2) is 5.30. The first-order valence-corrected chi connectivity index (χ1v) is 7.76. The van der Waals surface area contributed by atoms with E-state index in [-0.39, 0.29) is 6.09 Å². The number of aromatic nitrogens is 2. The molecular weight excluding hydrogens is 278 g/mol.